The van der Waals surface area contributed by atoms with Crippen molar-refractivity contribution in [3.63, 3.8) is 0 Å². The molecule has 3 amide bonds. The molecule has 2 aromatic rings. The van der Waals surface area contributed by atoms with Crippen molar-refractivity contribution in [2.45, 2.75) is 45.3 Å². The third-order valence-electron chi connectivity index (χ3n) is 6.41. The Hall–Kier alpha value is -3.39. The molecule has 8 nitrogen and oxygen atoms in total. The van der Waals surface area contributed by atoms with Crippen molar-refractivity contribution in [3.8, 4) is 5.75 Å². The van der Waals surface area contributed by atoms with Crippen molar-refractivity contribution in [2.24, 2.45) is 17.6 Å². The summed E-state index contributed by atoms with van der Waals surface area (Å²) < 4.78 is 5.85. The van der Waals surface area contributed by atoms with E-state index in [0.717, 1.165) is 42.8 Å². The van der Waals surface area contributed by atoms with Gasteiger partial charge in [0.15, 0.2) is 0 Å². The van der Waals surface area contributed by atoms with Crippen molar-refractivity contribution < 1.29 is 19.1 Å². The number of carbonyl (C=O) groups excluding carboxylic acids is 3. The van der Waals surface area contributed by atoms with Crippen LogP contribution in [0.4, 0.5) is 0 Å². The molecular formula is C28H37N4O4. The summed E-state index contributed by atoms with van der Waals surface area (Å²) in [4.78, 5) is 36.8. The van der Waals surface area contributed by atoms with Gasteiger partial charge in [0.1, 0.15) is 18.4 Å². The number of benzene rings is 2. The van der Waals surface area contributed by atoms with Gasteiger partial charge in [0.2, 0.25) is 17.7 Å². The van der Waals surface area contributed by atoms with E-state index in [1.807, 2.05) is 54.6 Å². The van der Waals surface area contributed by atoms with Crippen LogP contribution in [0.2, 0.25) is 0 Å². The molecule has 0 bridgehead atoms. The first-order valence-corrected chi connectivity index (χ1v) is 12.6. The van der Waals surface area contributed by atoms with Gasteiger partial charge in [-0.05, 0) is 61.5 Å². The van der Waals surface area contributed by atoms with E-state index in [4.69, 9.17) is 10.5 Å². The first-order chi connectivity index (χ1) is 17.4. The maximum absolute atomic E-state index is 13.0. The average molecular weight is 494 g/mol. The van der Waals surface area contributed by atoms with Crippen molar-refractivity contribution in [3.05, 3.63) is 72.1 Å². The van der Waals surface area contributed by atoms with Gasteiger partial charge in [0.05, 0.1) is 6.42 Å². The summed E-state index contributed by atoms with van der Waals surface area (Å²) in [7, 11) is 0. The normalized spacial score (nSPS) is 15.5. The molecule has 1 fully saturated rings. The van der Waals surface area contributed by atoms with Gasteiger partial charge in [-0.2, -0.15) is 0 Å². The summed E-state index contributed by atoms with van der Waals surface area (Å²) >= 11 is 0. The number of rotatable bonds is 13. The Bertz CT molecular complexity index is 975. The Balaban J connectivity index is 1.58. The van der Waals surface area contributed by atoms with E-state index in [1.54, 1.807) is 6.92 Å². The number of carbonyl (C=O) groups is 3. The zero-order valence-electron chi connectivity index (χ0n) is 20.9. The molecule has 0 spiro atoms. The summed E-state index contributed by atoms with van der Waals surface area (Å²) in [6.07, 6.45) is 3.96. The van der Waals surface area contributed by atoms with Crippen LogP contribution in [0.1, 0.15) is 37.3 Å². The molecule has 3 rings (SSSR count). The Morgan fingerprint density at radius 1 is 1.06 bits per heavy atom. The Labute approximate surface area is 213 Å². The molecule has 2 unspecified atom stereocenters. The topological polar surface area (TPSA) is 123 Å². The first kappa shape index (κ1) is 27.2. The van der Waals surface area contributed by atoms with Gasteiger partial charge in [-0.3, -0.25) is 14.4 Å². The predicted molar refractivity (Wildman–Crippen MR) is 139 cm³/mol. The van der Waals surface area contributed by atoms with Crippen LogP contribution in [0.25, 0.3) is 0 Å². The molecule has 2 atom stereocenters. The number of amides is 3. The quantitative estimate of drug-likeness (QED) is 0.341. The third-order valence-corrected chi connectivity index (χ3v) is 6.41. The Morgan fingerprint density at radius 2 is 1.75 bits per heavy atom. The highest BCUT2D eigenvalue weighted by molar-refractivity contribution is 5.91. The first-order valence-electron chi connectivity index (χ1n) is 12.6. The number of ether oxygens (including phenoxy) is 1. The van der Waals surface area contributed by atoms with E-state index in [2.05, 4.69) is 16.0 Å². The van der Waals surface area contributed by atoms with Crippen molar-refractivity contribution in [1.82, 2.24) is 16.0 Å². The zero-order chi connectivity index (χ0) is 25.8. The fourth-order valence-corrected chi connectivity index (χ4v) is 3.99. The number of hydrogen-bond donors (Lipinski definition) is 4. The van der Waals surface area contributed by atoms with Crippen LogP contribution in [0.5, 0.6) is 5.75 Å². The van der Waals surface area contributed by atoms with Gasteiger partial charge in [0.25, 0.3) is 0 Å². The van der Waals surface area contributed by atoms with Crippen LogP contribution >= 0.6 is 0 Å². The lowest BCUT2D eigenvalue weighted by molar-refractivity contribution is -0.128. The lowest BCUT2D eigenvalue weighted by atomic mass is 9.97. The van der Waals surface area contributed by atoms with Crippen molar-refractivity contribution >= 4 is 17.7 Å². The van der Waals surface area contributed by atoms with Gasteiger partial charge in [-0.25, -0.2) is 0 Å². The molecule has 0 aromatic heterocycles. The highest BCUT2D eigenvalue weighted by Gasteiger charge is 2.23. The Kier molecular flexibility index (Phi) is 10.8. The molecule has 36 heavy (non-hydrogen) atoms. The lowest BCUT2D eigenvalue weighted by Crippen LogP contribution is -2.49. The van der Waals surface area contributed by atoms with Gasteiger partial charge >= 0.3 is 0 Å². The molecule has 1 saturated heterocycles. The summed E-state index contributed by atoms with van der Waals surface area (Å²) in [6, 6.07) is 16.7. The molecule has 1 radical (unpaired) electrons. The predicted octanol–water partition coefficient (Wildman–Crippen LogP) is 2.12. The minimum atomic E-state index is -0.740. The van der Waals surface area contributed by atoms with Crippen LogP contribution in [-0.4, -0.2) is 43.4 Å². The van der Waals surface area contributed by atoms with Crippen LogP contribution in [-0.2, 0) is 27.4 Å². The summed E-state index contributed by atoms with van der Waals surface area (Å²) in [5.41, 5.74) is 7.26. The second-order valence-electron chi connectivity index (χ2n) is 9.37. The smallest absolute Gasteiger partial charge is 0.242 e. The second kappa shape index (κ2) is 14.2. The molecular weight excluding hydrogens is 456 g/mol. The minimum absolute atomic E-state index is 0.220. The number of nitrogens with two attached hydrogens (primary N) is 1. The van der Waals surface area contributed by atoms with Crippen LogP contribution < -0.4 is 26.4 Å². The molecule has 0 aliphatic carbocycles. The molecule has 193 valence electrons. The molecule has 0 saturated carbocycles. The lowest BCUT2D eigenvalue weighted by Gasteiger charge is -2.24. The standard InChI is InChI=1S/C28H37N4O4/c1-20(27(29)34)7-12-26(33)32-25(28(35)31-18-22-13-15-30-16-14-22)17-21-8-10-24(11-9-21)36-19-23-5-3-2-4-6-23/h2-6,8-12,20,22,25,30H,7,13-19H2,1H3,(H2,29,34)(H,31,35)(H,32,33). The molecule has 2 aromatic carbocycles. The number of piperidine rings is 1. The molecule has 1 aliphatic heterocycles. The third kappa shape index (κ3) is 9.34. The maximum atomic E-state index is 13.0. The van der Waals surface area contributed by atoms with Gasteiger partial charge in [-0.1, -0.05) is 49.4 Å². The van der Waals surface area contributed by atoms with Crippen LogP contribution in [0.15, 0.2) is 54.6 Å². The van der Waals surface area contributed by atoms with E-state index < -0.39 is 23.8 Å². The fraction of sp³-hybridized carbons (Fsp3) is 0.429. The Morgan fingerprint density at radius 3 is 2.42 bits per heavy atom. The minimum Gasteiger partial charge on any atom is -0.489 e. The van der Waals surface area contributed by atoms with Crippen LogP contribution in [0, 0.1) is 18.3 Å². The van der Waals surface area contributed by atoms with Crippen LogP contribution in [0.3, 0.4) is 0 Å². The van der Waals surface area contributed by atoms with Gasteiger partial charge < -0.3 is 26.4 Å². The number of hydrogen-bond acceptors (Lipinski definition) is 5. The van der Waals surface area contributed by atoms with Gasteiger partial charge in [0, 0.05) is 18.9 Å². The van der Waals surface area contributed by atoms with E-state index in [0.29, 0.717) is 25.5 Å². The molecule has 5 N–H and O–H groups in total. The molecule has 8 heteroatoms. The average Bonchev–Trinajstić information content (AvgIpc) is 2.90. The van der Waals surface area contributed by atoms with E-state index in [9.17, 15) is 14.4 Å². The zero-order valence-corrected chi connectivity index (χ0v) is 20.9. The van der Waals surface area contributed by atoms with E-state index >= 15 is 0 Å². The number of nitrogens with one attached hydrogen (secondary N) is 3. The monoisotopic (exact) mass is 493 g/mol. The maximum Gasteiger partial charge on any atom is 0.242 e. The highest BCUT2D eigenvalue weighted by Crippen LogP contribution is 2.16. The number of primary amides is 1. The van der Waals surface area contributed by atoms with Crippen molar-refractivity contribution in [2.75, 3.05) is 19.6 Å². The van der Waals surface area contributed by atoms with E-state index in [1.165, 1.54) is 6.42 Å². The summed E-state index contributed by atoms with van der Waals surface area (Å²) in [5.74, 6) is -0.380. The molecule has 1 heterocycles. The fourth-order valence-electron chi connectivity index (χ4n) is 3.99. The summed E-state index contributed by atoms with van der Waals surface area (Å²) in [6.45, 7) is 4.62. The second-order valence-corrected chi connectivity index (χ2v) is 9.37. The van der Waals surface area contributed by atoms with Gasteiger partial charge in [-0.15, -0.1) is 0 Å². The largest absolute Gasteiger partial charge is 0.489 e. The summed E-state index contributed by atoms with van der Waals surface area (Å²) in [5, 5.41) is 9.14. The van der Waals surface area contributed by atoms with E-state index in [-0.39, 0.29) is 12.3 Å². The van der Waals surface area contributed by atoms with Crippen molar-refractivity contribution in [1.29, 1.82) is 0 Å². The molecule has 1 aliphatic rings. The highest BCUT2D eigenvalue weighted by atomic mass is 16.5. The SMILES string of the molecule is CC(C[CH]C(=O)NC(Cc1ccc(OCc2ccccc2)cc1)C(=O)NCC1CCNCC1)C(N)=O.